The molecule has 0 saturated carbocycles. The van der Waals surface area contributed by atoms with E-state index >= 15 is 0 Å². The predicted molar refractivity (Wildman–Crippen MR) is 62.8 cm³/mol. The minimum absolute atomic E-state index is 1.07. The summed E-state index contributed by atoms with van der Waals surface area (Å²) in [6, 6.07) is 4.11. The Kier molecular flexibility index (Phi) is 2.06. The van der Waals surface area contributed by atoms with Crippen LogP contribution < -0.4 is 0 Å². The summed E-state index contributed by atoms with van der Waals surface area (Å²) in [6.45, 7) is 0. The Labute approximate surface area is 94.8 Å². The molecule has 0 unspecified atom stereocenters. The first-order chi connectivity index (χ1) is 6.84. The van der Waals surface area contributed by atoms with Gasteiger partial charge in [-0.1, -0.05) is 0 Å². The number of fused-ring (bicyclic) bond motifs is 3. The SMILES string of the molecule is Brc1ccc2nc3c(n2c1)CSCC3. The fourth-order valence-electron chi connectivity index (χ4n) is 1.81. The number of nitrogens with zero attached hydrogens (tertiary/aromatic N) is 2. The molecule has 0 bridgehead atoms. The number of imidazole rings is 1. The predicted octanol–water partition coefficient (Wildman–Crippen LogP) is 2.89. The maximum atomic E-state index is 4.62. The summed E-state index contributed by atoms with van der Waals surface area (Å²) in [6.07, 6.45) is 3.21. The number of hydrogen-bond donors (Lipinski definition) is 0. The van der Waals surface area contributed by atoms with E-state index < -0.39 is 0 Å². The van der Waals surface area contributed by atoms with Crippen LogP contribution in [0.3, 0.4) is 0 Å². The highest BCUT2D eigenvalue weighted by molar-refractivity contribution is 9.10. The van der Waals surface area contributed by atoms with Crippen LogP contribution in [-0.2, 0) is 12.2 Å². The average molecular weight is 269 g/mol. The number of aromatic nitrogens is 2. The molecule has 1 aliphatic rings. The number of hydrogen-bond acceptors (Lipinski definition) is 2. The Hall–Kier alpha value is -0.480. The van der Waals surface area contributed by atoms with Crippen LogP contribution in [0.15, 0.2) is 22.8 Å². The largest absolute Gasteiger partial charge is 0.302 e. The van der Waals surface area contributed by atoms with Crippen molar-refractivity contribution >= 4 is 33.3 Å². The van der Waals surface area contributed by atoms with E-state index in [-0.39, 0.29) is 0 Å². The Morgan fingerprint density at radius 1 is 1.43 bits per heavy atom. The summed E-state index contributed by atoms with van der Waals surface area (Å²) in [4.78, 5) is 4.62. The third kappa shape index (κ3) is 1.28. The summed E-state index contributed by atoms with van der Waals surface area (Å²) in [5.41, 5.74) is 3.72. The van der Waals surface area contributed by atoms with Crippen molar-refractivity contribution in [3.63, 3.8) is 0 Å². The van der Waals surface area contributed by atoms with E-state index in [1.54, 1.807) is 0 Å². The molecule has 2 nitrogen and oxygen atoms in total. The van der Waals surface area contributed by atoms with Gasteiger partial charge in [-0.2, -0.15) is 11.8 Å². The van der Waals surface area contributed by atoms with Gasteiger partial charge in [0.25, 0.3) is 0 Å². The molecule has 0 N–H and O–H groups in total. The van der Waals surface area contributed by atoms with Gasteiger partial charge in [0.05, 0.1) is 11.4 Å². The number of rotatable bonds is 0. The van der Waals surface area contributed by atoms with E-state index in [9.17, 15) is 0 Å². The summed E-state index contributed by atoms with van der Waals surface area (Å²) in [5, 5.41) is 0. The maximum Gasteiger partial charge on any atom is 0.137 e. The molecule has 0 spiro atoms. The minimum atomic E-state index is 1.07. The van der Waals surface area contributed by atoms with Gasteiger partial charge < -0.3 is 4.40 Å². The van der Waals surface area contributed by atoms with E-state index in [1.165, 1.54) is 17.1 Å². The van der Waals surface area contributed by atoms with Crippen molar-refractivity contribution < 1.29 is 0 Å². The molecule has 14 heavy (non-hydrogen) atoms. The summed E-state index contributed by atoms with van der Waals surface area (Å²) in [7, 11) is 0. The molecule has 0 aliphatic carbocycles. The van der Waals surface area contributed by atoms with Gasteiger partial charge in [-0.05, 0) is 33.8 Å². The average Bonchev–Trinajstić information content (AvgIpc) is 2.56. The number of aryl methyl sites for hydroxylation is 1. The van der Waals surface area contributed by atoms with Gasteiger partial charge in [0.2, 0.25) is 0 Å². The van der Waals surface area contributed by atoms with Gasteiger partial charge >= 0.3 is 0 Å². The van der Waals surface area contributed by atoms with Gasteiger partial charge in [-0.15, -0.1) is 0 Å². The van der Waals surface area contributed by atoms with Gasteiger partial charge in [0, 0.05) is 22.8 Å². The minimum Gasteiger partial charge on any atom is -0.302 e. The van der Waals surface area contributed by atoms with E-state index in [2.05, 4.69) is 37.6 Å². The Morgan fingerprint density at radius 2 is 2.36 bits per heavy atom. The molecule has 0 fully saturated rings. The van der Waals surface area contributed by atoms with Crippen LogP contribution in [0.25, 0.3) is 5.65 Å². The van der Waals surface area contributed by atoms with Crippen molar-refractivity contribution in [2.24, 2.45) is 0 Å². The molecule has 0 radical (unpaired) electrons. The van der Waals surface area contributed by atoms with Crippen molar-refractivity contribution in [2.45, 2.75) is 12.2 Å². The van der Waals surface area contributed by atoms with Crippen molar-refractivity contribution in [3.8, 4) is 0 Å². The lowest BCUT2D eigenvalue weighted by atomic mass is 10.3. The molecule has 72 valence electrons. The van der Waals surface area contributed by atoms with Crippen molar-refractivity contribution in [1.29, 1.82) is 0 Å². The van der Waals surface area contributed by atoms with E-state index in [1.807, 2.05) is 17.8 Å². The third-order valence-electron chi connectivity index (χ3n) is 2.49. The highest BCUT2D eigenvalue weighted by Crippen LogP contribution is 2.26. The standard InChI is InChI=1S/C10H9BrN2S/c11-7-1-2-10-12-8-3-4-14-6-9(8)13(10)5-7/h1-2,5H,3-4,6H2. The monoisotopic (exact) mass is 268 g/mol. The van der Waals surface area contributed by atoms with Crippen LogP contribution in [0.5, 0.6) is 0 Å². The van der Waals surface area contributed by atoms with Crippen LogP contribution in [0.4, 0.5) is 0 Å². The molecule has 3 heterocycles. The third-order valence-corrected chi connectivity index (χ3v) is 3.93. The highest BCUT2D eigenvalue weighted by atomic mass is 79.9. The first kappa shape index (κ1) is 8.80. The fraction of sp³-hybridized carbons (Fsp3) is 0.300. The lowest BCUT2D eigenvalue weighted by Crippen LogP contribution is -2.02. The molecule has 4 heteroatoms. The molecular formula is C10H9BrN2S. The highest BCUT2D eigenvalue weighted by Gasteiger charge is 2.15. The summed E-state index contributed by atoms with van der Waals surface area (Å²) < 4.78 is 3.31. The Bertz CT molecular complexity index is 492. The molecule has 2 aromatic rings. The molecule has 0 saturated heterocycles. The number of thioether (sulfide) groups is 1. The van der Waals surface area contributed by atoms with Crippen molar-refractivity contribution in [3.05, 3.63) is 34.2 Å². The number of halogens is 1. The van der Waals surface area contributed by atoms with Gasteiger partial charge in [-0.3, -0.25) is 0 Å². The van der Waals surface area contributed by atoms with Crippen molar-refractivity contribution in [1.82, 2.24) is 9.38 Å². The van der Waals surface area contributed by atoms with E-state index in [0.717, 1.165) is 22.3 Å². The zero-order valence-corrected chi connectivity index (χ0v) is 9.94. The molecule has 0 atom stereocenters. The zero-order chi connectivity index (χ0) is 9.54. The lowest BCUT2D eigenvalue weighted by Gasteiger charge is -2.09. The zero-order valence-electron chi connectivity index (χ0n) is 7.53. The van der Waals surface area contributed by atoms with Crippen molar-refractivity contribution in [2.75, 3.05) is 5.75 Å². The van der Waals surface area contributed by atoms with E-state index in [4.69, 9.17) is 0 Å². The van der Waals surface area contributed by atoms with Gasteiger partial charge in [0.1, 0.15) is 5.65 Å². The molecule has 2 aromatic heterocycles. The van der Waals surface area contributed by atoms with Crippen LogP contribution >= 0.6 is 27.7 Å². The van der Waals surface area contributed by atoms with Gasteiger partial charge in [0.15, 0.2) is 0 Å². The van der Waals surface area contributed by atoms with Crippen LogP contribution in [0, 0.1) is 0 Å². The molecule has 1 aliphatic heterocycles. The summed E-state index contributed by atoms with van der Waals surface area (Å²) in [5.74, 6) is 2.30. The fourth-order valence-corrected chi connectivity index (χ4v) is 3.12. The Balaban J connectivity index is 2.32. The molecule has 0 aromatic carbocycles. The van der Waals surface area contributed by atoms with Crippen LogP contribution in [0.1, 0.15) is 11.4 Å². The topological polar surface area (TPSA) is 17.3 Å². The number of pyridine rings is 1. The molecule has 0 amide bonds. The van der Waals surface area contributed by atoms with E-state index in [0.29, 0.717) is 0 Å². The molecule has 3 rings (SSSR count). The normalized spacial score (nSPS) is 15.8. The Morgan fingerprint density at radius 3 is 3.29 bits per heavy atom. The second-order valence-electron chi connectivity index (χ2n) is 3.38. The second-order valence-corrected chi connectivity index (χ2v) is 5.40. The maximum absolute atomic E-state index is 4.62. The smallest absolute Gasteiger partial charge is 0.137 e. The quantitative estimate of drug-likeness (QED) is 0.731. The first-order valence-corrected chi connectivity index (χ1v) is 6.52. The second kappa shape index (κ2) is 3.28. The lowest BCUT2D eigenvalue weighted by molar-refractivity contribution is 0.990. The molecular weight excluding hydrogens is 260 g/mol. The van der Waals surface area contributed by atoms with Crippen LogP contribution in [-0.4, -0.2) is 15.1 Å². The van der Waals surface area contributed by atoms with Gasteiger partial charge in [-0.25, -0.2) is 4.98 Å². The van der Waals surface area contributed by atoms with Crippen LogP contribution in [0.2, 0.25) is 0 Å². The first-order valence-electron chi connectivity index (χ1n) is 4.58. The summed E-state index contributed by atoms with van der Waals surface area (Å²) >= 11 is 5.48.